The average Bonchev–Trinajstić information content (AvgIpc) is 2.91. The van der Waals surface area contributed by atoms with E-state index in [0.717, 1.165) is 23.4 Å². The lowest BCUT2D eigenvalue weighted by atomic mass is 10.1. The van der Waals surface area contributed by atoms with E-state index >= 15 is 0 Å². The molecule has 1 N–H and O–H groups in total. The van der Waals surface area contributed by atoms with Crippen molar-refractivity contribution in [3.05, 3.63) is 59.4 Å². The lowest BCUT2D eigenvalue weighted by molar-refractivity contribution is -0.117. The van der Waals surface area contributed by atoms with Gasteiger partial charge in [0.2, 0.25) is 0 Å². The lowest BCUT2D eigenvalue weighted by Crippen LogP contribution is -2.01. The molecule has 0 spiro atoms. The van der Waals surface area contributed by atoms with E-state index in [2.05, 4.69) is 4.98 Å². The zero-order chi connectivity index (χ0) is 14.4. The van der Waals surface area contributed by atoms with Crippen LogP contribution in [-0.4, -0.2) is 16.6 Å². The van der Waals surface area contributed by atoms with Crippen LogP contribution >= 0.6 is 0 Å². The van der Waals surface area contributed by atoms with Gasteiger partial charge in [-0.2, -0.15) is 0 Å². The first-order chi connectivity index (χ1) is 9.65. The summed E-state index contributed by atoms with van der Waals surface area (Å²) in [6, 6.07) is 13.3. The highest BCUT2D eigenvalue weighted by atomic mass is 16.1. The SMILES string of the molecule is CC(=O)CCc1ccc(CCC(=O)c2ccccc2)[nH]1. The molecule has 0 bridgehead atoms. The van der Waals surface area contributed by atoms with Gasteiger partial charge >= 0.3 is 0 Å². The van der Waals surface area contributed by atoms with Crippen molar-refractivity contribution in [3.8, 4) is 0 Å². The summed E-state index contributed by atoms with van der Waals surface area (Å²) >= 11 is 0. The minimum atomic E-state index is 0.158. The van der Waals surface area contributed by atoms with Crippen LogP contribution < -0.4 is 0 Å². The van der Waals surface area contributed by atoms with Gasteiger partial charge in [-0.1, -0.05) is 30.3 Å². The van der Waals surface area contributed by atoms with Crippen LogP contribution in [0, 0.1) is 0 Å². The van der Waals surface area contributed by atoms with Crippen LogP contribution in [0.3, 0.4) is 0 Å². The average molecular weight is 269 g/mol. The minimum Gasteiger partial charge on any atom is -0.362 e. The molecule has 1 aromatic heterocycles. The summed E-state index contributed by atoms with van der Waals surface area (Å²) < 4.78 is 0. The number of ketones is 2. The molecule has 0 atom stereocenters. The van der Waals surface area contributed by atoms with Crippen molar-refractivity contribution in [2.45, 2.75) is 32.6 Å². The molecule has 1 heterocycles. The van der Waals surface area contributed by atoms with E-state index in [-0.39, 0.29) is 11.6 Å². The van der Waals surface area contributed by atoms with E-state index in [0.29, 0.717) is 19.3 Å². The fourth-order valence-corrected chi connectivity index (χ4v) is 2.11. The van der Waals surface area contributed by atoms with Crippen molar-refractivity contribution in [2.24, 2.45) is 0 Å². The molecule has 0 aliphatic heterocycles. The Morgan fingerprint density at radius 2 is 1.50 bits per heavy atom. The number of nitrogens with one attached hydrogen (secondary N) is 1. The van der Waals surface area contributed by atoms with Crippen LogP contribution in [0.2, 0.25) is 0 Å². The van der Waals surface area contributed by atoms with Crippen molar-refractivity contribution < 1.29 is 9.59 Å². The summed E-state index contributed by atoms with van der Waals surface area (Å²) in [7, 11) is 0. The summed E-state index contributed by atoms with van der Waals surface area (Å²) in [6.07, 6.45) is 2.50. The van der Waals surface area contributed by atoms with Gasteiger partial charge in [-0.05, 0) is 31.9 Å². The number of H-pyrrole nitrogens is 1. The van der Waals surface area contributed by atoms with Crippen LogP contribution in [0.1, 0.15) is 41.5 Å². The molecule has 1 aromatic carbocycles. The quantitative estimate of drug-likeness (QED) is 0.784. The van der Waals surface area contributed by atoms with Gasteiger partial charge in [0.1, 0.15) is 5.78 Å². The van der Waals surface area contributed by atoms with E-state index in [4.69, 9.17) is 0 Å². The highest BCUT2D eigenvalue weighted by Gasteiger charge is 2.07. The zero-order valence-electron chi connectivity index (χ0n) is 11.7. The molecular weight excluding hydrogens is 250 g/mol. The summed E-state index contributed by atoms with van der Waals surface area (Å²) in [6.45, 7) is 1.60. The van der Waals surface area contributed by atoms with Crippen LogP contribution in [0.15, 0.2) is 42.5 Å². The molecule has 0 saturated carbocycles. The summed E-state index contributed by atoms with van der Waals surface area (Å²) in [5.74, 6) is 0.353. The van der Waals surface area contributed by atoms with Crippen molar-refractivity contribution in [2.75, 3.05) is 0 Å². The highest BCUT2D eigenvalue weighted by molar-refractivity contribution is 5.96. The number of benzene rings is 1. The van der Waals surface area contributed by atoms with Crippen molar-refractivity contribution in [1.29, 1.82) is 0 Å². The monoisotopic (exact) mass is 269 g/mol. The molecule has 20 heavy (non-hydrogen) atoms. The predicted octanol–water partition coefficient (Wildman–Crippen LogP) is 3.35. The standard InChI is InChI=1S/C17H19NO2/c1-13(19)7-8-15-9-10-16(18-15)11-12-17(20)14-5-3-2-4-6-14/h2-6,9-10,18H,7-8,11-12H2,1H3. The smallest absolute Gasteiger partial charge is 0.163 e. The summed E-state index contributed by atoms with van der Waals surface area (Å²) in [4.78, 5) is 26.2. The molecule has 0 radical (unpaired) electrons. The first-order valence-electron chi connectivity index (χ1n) is 6.89. The molecule has 2 rings (SSSR count). The third-order valence-corrected chi connectivity index (χ3v) is 3.27. The molecule has 0 aliphatic carbocycles. The summed E-state index contributed by atoms with van der Waals surface area (Å²) in [5.41, 5.74) is 2.87. The second-order valence-corrected chi connectivity index (χ2v) is 5.00. The molecule has 0 fully saturated rings. The summed E-state index contributed by atoms with van der Waals surface area (Å²) in [5, 5.41) is 0. The number of carbonyl (C=O) groups excluding carboxylic acids is 2. The number of carbonyl (C=O) groups is 2. The van der Waals surface area contributed by atoms with Crippen molar-refractivity contribution in [1.82, 2.24) is 4.98 Å². The fourth-order valence-electron chi connectivity index (χ4n) is 2.11. The normalized spacial score (nSPS) is 10.4. The van der Waals surface area contributed by atoms with Gasteiger partial charge in [0.15, 0.2) is 5.78 Å². The Bertz CT molecular complexity index is 584. The number of hydrogen-bond acceptors (Lipinski definition) is 2. The van der Waals surface area contributed by atoms with Crippen LogP contribution in [-0.2, 0) is 17.6 Å². The number of Topliss-reactive ketones (excluding diaryl/α,β-unsaturated/α-hetero) is 2. The second-order valence-electron chi connectivity index (χ2n) is 5.00. The van der Waals surface area contributed by atoms with Crippen molar-refractivity contribution >= 4 is 11.6 Å². The van der Waals surface area contributed by atoms with Gasteiger partial charge in [-0.3, -0.25) is 4.79 Å². The molecule has 3 nitrogen and oxygen atoms in total. The number of hydrogen-bond donors (Lipinski definition) is 1. The van der Waals surface area contributed by atoms with Gasteiger partial charge in [-0.25, -0.2) is 0 Å². The first kappa shape index (κ1) is 14.3. The third-order valence-electron chi connectivity index (χ3n) is 3.27. The molecule has 0 amide bonds. The maximum Gasteiger partial charge on any atom is 0.163 e. The van der Waals surface area contributed by atoms with Gasteiger partial charge in [0, 0.05) is 29.8 Å². The predicted molar refractivity (Wildman–Crippen MR) is 78.9 cm³/mol. The number of aromatic amines is 1. The fraction of sp³-hybridized carbons (Fsp3) is 0.294. The van der Waals surface area contributed by atoms with E-state index in [9.17, 15) is 9.59 Å². The molecule has 2 aromatic rings. The first-order valence-corrected chi connectivity index (χ1v) is 6.89. The Labute approximate surface area is 119 Å². The Balaban J connectivity index is 1.85. The van der Waals surface area contributed by atoms with E-state index in [1.54, 1.807) is 6.92 Å². The Hall–Kier alpha value is -2.16. The molecule has 3 heteroatoms. The molecule has 0 aliphatic rings. The van der Waals surface area contributed by atoms with Gasteiger partial charge in [-0.15, -0.1) is 0 Å². The van der Waals surface area contributed by atoms with E-state index in [1.807, 2.05) is 42.5 Å². The van der Waals surface area contributed by atoms with Gasteiger partial charge in [0.05, 0.1) is 0 Å². The van der Waals surface area contributed by atoms with Crippen molar-refractivity contribution in [3.63, 3.8) is 0 Å². The van der Waals surface area contributed by atoms with Gasteiger partial charge < -0.3 is 9.78 Å². The number of rotatable bonds is 7. The van der Waals surface area contributed by atoms with Crippen LogP contribution in [0.5, 0.6) is 0 Å². The molecule has 104 valence electrons. The number of aromatic nitrogens is 1. The van der Waals surface area contributed by atoms with Crippen LogP contribution in [0.4, 0.5) is 0 Å². The largest absolute Gasteiger partial charge is 0.362 e. The Morgan fingerprint density at radius 3 is 2.10 bits per heavy atom. The number of aryl methyl sites for hydroxylation is 2. The lowest BCUT2D eigenvalue weighted by Gasteiger charge is -2.00. The maximum absolute atomic E-state index is 12.0. The van der Waals surface area contributed by atoms with Gasteiger partial charge in [0.25, 0.3) is 0 Å². The molecule has 0 unspecified atom stereocenters. The maximum atomic E-state index is 12.0. The Morgan fingerprint density at radius 1 is 0.900 bits per heavy atom. The Kier molecular flexibility index (Phi) is 4.88. The van der Waals surface area contributed by atoms with Crippen LogP contribution in [0.25, 0.3) is 0 Å². The molecule has 0 saturated heterocycles. The zero-order valence-corrected chi connectivity index (χ0v) is 11.7. The van der Waals surface area contributed by atoms with E-state index < -0.39 is 0 Å². The topological polar surface area (TPSA) is 49.9 Å². The second kappa shape index (κ2) is 6.85. The third kappa shape index (κ3) is 4.19. The minimum absolute atomic E-state index is 0.158. The van der Waals surface area contributed by atoms with E-state index in [1.165, 1.54) is 0 Å². The highest BCUT2D eigenvalue weighted by Crippen LogP contribution is 2.10. The molecular formula is C17H19NO2.